The second kappa shape index (κ2) is 9.15. The molecule has 2 aliphatic heterocycles. The number of methoxy groups -OCH3 is 1. The molecule has 31 heavy (non-hydrogen) atoms. The van der Waals surface area contributed by atoms with Crippen LogP contribution in [0, 0.1) is 12.8 Å². The number of anilines is 1. The first kappa shape index (κ1) is 21.5. The van der Waals surface area contributed by atoms with Gasteiger partial charge < -0.3 is 14.4 Å². The lowest BCUT2D eigenvalue weighted by Crippen LogP contribution is -2.34. The Morgan fingerprint density at radius 1 is 1.42 bits per heavy atom. The summed E-state index contributed by atoms with van der Waals surface area (Å²) in [5.74, 6) is 0.762. The molecule has 8 nitrogen and oxygen atoms in total. The first-order chi connectivity index (χ1) is 14.9. The monoisotopic (exact) mass is 442 g/mol. The minimum atomic E-state index is -0.268. The van der Waals surface area contributed by atoms with E-state index in [1.165, 1.54) is 11.3 Å². The van der Waals surface area contributed by atoms with Crippen molar-refractivity contribution in [3.8, 4) is 5.75 Å². The molecule has 0 radical (unpaired) electrons. The van der Waals surface area contributed by atoms with Gasteiger partial charge in [0, 0.05) is 37.0 Å². The molecule has 1 aromatic carbocycles. The Morgan fingerprint density at radius 3 is 2.94 bits per heavy atom. The van der Waals surface area contributed by atoms with E-state index in [1.54, 1.807) is 12.0 Å². The summed E-state index contributed by atoms with van der Waals surface area (Å²) >= 11 is 1.30. The third-order valence-electron chi connectivity index (χ3n) is 5.78. The zero-order valence-corrected chi connectivity index (χ0v) is 18.5. The lowest BCUT2D eigenvalue weighted by Gasteiger charge is -2.19. The van der Waals surface area contributed by atoms with Gasteiger partial charge in [0.2, 0.25) is 16.9 Å². The first-order valence-corrected chi connectivity index (χ1v) is 11.1. The molecule has 0 saturated carbocycles. The van der Waals surface area contributed by atoms with Gasteiger partial charge in [-0.15, -0.1) is 10.2 Å². The first-order valence-electron chi connectivity index (χ1n) is 10.3. The predicted octanol–water partition coefficient (Wildman–Crippen LogP) is 2.86. The van der Waals surface area contributed by atoms with Gasteiger partial charge in [-0.1, -0.05) is 24.0 Å². The molecule has 164 valence electrons. The number of hydrogen-bond donors (Lipinski definition) is 1. The van der Waals surface area contributed by atoms with Crippen LogP contribution in [0.3, 0.4) is 0 Å². The molecule has 2 atom stereocenters. The van der Waals surface area contributed by atoms with Crippen LogP contribution in [0.15, 0.2) is 24.8 Å². The van der Waals surface area contributed by atoms with E-state index in [2.05, 4.69) is 28.2 Å². The summed E-state index contributed by atoms with van der Waals surface area (Å²) in [7, 11) is 1.65. The van der Waals surface area contributed by atoms with Crippen molar-refractivity contribution in [3.63, 3.8) is 0 Å². The van der Waals surface area contributed by atoms with E-state index in [0.29, 0.717) is 24.7 Å². The van der Waals surface area contributed by atoms with Crippen molar-refractivity contribution in [2.45, 2.75) is 25.7 Å². The van der Waals surface area contributed by atoms with Crippen LogP contribution in [0.25, 0.3) is 5.57 Å². The van der Waals surface area contributed by atoms with Gasteiger partial charge in [0.25, 0.3) is 0 Å². The van der Waals surface area contributed by atoms with Crippen molar-refractivity contribution in [3.05, 3.63) is 40.9 Å². The van der Waals surface area contributed by atoms with E-state index in [0.717, 1.165) is 40.5 Å². The molecular formula is C22H26N4O4S. The summed E-state index contributed by atoms with van der Waals surface area (Å²) in [6.45, 7) is 8.03. The highest BCUT2D eigenvalue weighted by Crippen LogP contribution is 2.37. The molecule has 2 saturated heterocycles. The molecule has 2 aliphatic rings. The summed E-state index contributed by atoms with van der Waals surface area (Å²) in [5.41, 5.74) is 3.02. The summed E-state index contributed by atoms with van der Waals surface area (Å²) in [6.07, 6.45) is 1.32. The predicted molar refractivity (Wildman–Crippen MR) is 118 cm³/mol. The normalized spacial score (nSPS) is 20.8. The van der Waals surface area contributed by atoms with Gasteiger partial charge in [0.15, 0.2) is 0 Å². The lowest BCUT2D eigenvalue weighted by molar-refractivity contribution is -0.131. The van der Waals surface area contributed by atoms with E-state index in [1.807, 2.05) is 19.1 Å². The standard InChI is InChI=1S/C22H26N4O4S/c1-13(16-6-7-30-12-16)18-8-15(4-5-19(18)29-3)17-9-21(28)26(10-17)11-20(27)23-22-25-24-14(2)31-22/h4-5,8,16-17H,1,6-7,9-12H2,2-3H3,(H,23,25,27)/t16-,17-/m1/s1. The highest BCUT2D eigenvalue weighted by Gasteiger charge is 2.33. The molecule has 1 aromatic heterocycles. The minimum Gasteiger partial charge on any atom is -0.496 e. The number of hydrogen-bond acceptors (Lipinski definition) is 7. The minimum absolute atomic E-state index is 0.00307. The maximum Gasteiger partial charge on any atom is 0.245 e. The van der Waals surface area contributed by atoms with Gasteiger partial charge in [0.05, 0.1) is 20.3 Å². The van der Waals surface area contributed by atoms with Crippen LogP contribution in [-0.2, 0) is 14.3 Å². The molecule has 4 rings (SSSR count). The average molecular weight is 443 g/mol. The summed E-state index contributed by atoms with van der Waals surface area (Å²) < 4.78 is 11.1. The number of carbonyl (C=O) groups is 2. The third kappa shape index (κ3) is 4.77. The number of rotatable bonds is 7. The van der Waals surface area contributed by atoms with Gasteiger partial charge in [0.1, 0.15) is 10.8 Å². The Bertz CT molecular complexity index is 999. The fraction of sp³-hybridized carbons (Fsp3) is 0.455. The molecule has 0 spiro atoms. The average Bonchev–Trinajstić information content (AvgIpc) is 3.50. The maximum absolute atomic E-state index is 12.6. The number of aromatic nitrogens is 2. The highest BCUT2D eigenvalue weighted by atomic mass is 32.1. The Kier molecular flexibility index (Phi) is 6.33. The molecule has 2 aromatic rings. The van der Waals surface area contributed by atoms with Crippen molar-refractivity contribution in [1.29, 1.82) is 0 Å². The van der Waals surface area contributed by atoms with Crippen LogP contribution in [0.5, 0.6) is 5.75 Å². The topological polar surface area (TPSA) is 93.7 Å². The van der Waals surface area contributed by atoms with Crippen molar-refractivity contribution >= 4 is 33.9 Å². The number of benzene rings is 1. The fourth-order valence-electron chi connectivity index (χ4n) is 4.09. The third-order valence-corrected chi connectivity index (χ3v) is 6.54. The summed E-state index contributed by atoms with van der Waals surface area (Å²) in [4.78, 5) is 26.5. The zero-order valence-electron chi connectivity index (χ0n) is 17.7. The molecular weight excluding hydrogens is 416 g/mol. The molecule has 0 aliphatic carbocycles. The lowest BCUT2D eigenvalue weighted by atomic mass is 9.89. The maximum atomic E-state index is 12.6. The van der Waals surface area contributed by atoms with E-state index in [-0.39, 0.29) is 30.2 Å². The fourth-order valence-corrected chi connectivity index (χ4v) is 4.70. The Hall–Kier alpha value is -2.78. The summed E-state index contributed by atoms with van der Waals surface area (Å²) in [6, 6.07) is 6.00. The van der Waals surface area contributed by atoms with Crippen LogP contribution >= 0.6 is 11.3 Å². The van der Waals surface area contributed by atoms with E-state index >= 15 is 0 Å². The van der Waals surface area contributed by atoms with Crippen molar-refractivity contribution in [1.82, 2.24) is 15.1 Å². The number of aryl methyl sites for hydroxylation is 1. The van der Waals surface area contributed by atoms with Gasteiger partial charge in [-0.05, 0) is 36.6 Å². The molecule has 2 amide bonds. The van der Waals surface area contributed by atoms with Crippen molar-refractivity contribution in [2.75, 3.05) is 38.7 Å². The van der Waals surface area contributed by atoms with Crippen LogP contribution < -0.4 is 10.1 Å². The number of ether oxygens (including phenoxy) is 2. The van der Waals surface area contributed by atoms with Crippen molar-refractivity contribution < 1.29 is 19.1 Å². The van der Waals surface area contributed by atoms with Gasteiger partial charge in [-0.2, -0.15) is 0 Å². The Labute approximate surface area is 185 Å². The number of carbonyl (C=O) groups excluding carboxylic acids is 2. The van der Waals surface area contributed by atoms with Crippen LogP contribution in [0.4, 0.5) is 5.13 Å². The number of nitrogens with zero attached hydrogens (tertiary/aromatic N) is 3. The van der Waals surface area contributed by atoms with Crippen molar-refractivity contribution in [2.24, 2.45) is 5.92 Å². The van der Waals surface area contributed by atoms with E-state index < -0.39 is 0 Å². The van der Waals surface area contributed by atoms with Gasteiger partial charge >= 0.3 is 0 Å². The van der Waals surface area contributed by atoms with Crippen LogP contribution in [0.1, 0.15) is 34.9 Å². The molecule has 2 fully saturated rings. The quantitative estimate of drug-likeness (QED) is 0.709. The van der Waals surface area contributed by atoms with E-state index in [9.17, 15) is 9.59 Å². The molecule has 0 bridgehead atoms. The smallest absolute Gasteiger partial charge is 0.245 e. The second-order valence-electron chi connectivity index (χ2n) is 7.90. The summed E-state index contributed by atoms with van der Waals surface area (Å²) in [5, 5.41) is 11.7. The number of amides is 2. The number of likely N-dealkylation sites (tertiary alicyclic amines) is 1. The number of nitrogens with one attached hydrogen (secondary N) is 1. The molecule has 0 unspecified atom stereocenters. The molecule has 9 heteroatoms. The Balaban J connectivity index is 1.45. The largest absolute Gasteiger partial charge is 0.496 e. The molecule has 1 N–H and O–H groups in total. The SMILES string of the molecule is C=C(c1cc([C@@H]2CC(=O)N(CC(=O)Nc3nnc(C)s3)C2)ccc1OC)[C@@H]1CCOC1. The molecule has 3 heterocycles. The van der Waals surface area contributed by atoms with E-state index in [4.69, 9.17) is 9.47 Å². The Morgan fingerprint density at radius 2 is 2.26 bits per heavy atom. The van der Waals surface area contributed by atoms with Gasteiger partial charge in [-0.3, -0.25) is 14.9 Å². The zero-order chi connectivity index (χ0) is 22.0. The second-order valence-corrected chi connectivity index (χ2v) is 9.08. The van der Waals surface area contributed by atoms with Crippen LogP contribution in [0.2, 0.25) is 0 Å². The van der Waals surface area contributed by atoms with Crippen LogP contribution in [-0.4, -0.2) is 60.3 Å². The highest BCUT2D eigenvalue weighted by molar-refractivity contribution is 7.15. The van der Waals surface area contributed by atoms with Gasteiger partial charge in [-0.25, -0.2) is 0 Å².